The van der Waals surface area contributed by atoms with Crippen LogP contribution in [0.15, 0.2) is 27.8 Å². The molecule has 92 valence electrons. The lowest BCUT2D eigenvalue weighted by molar-refractivity contribution is 0.211. The fraction of sp³-hybridized carbons (Fsp3) is 0.417. The molecule has 0 bridgehead atoms. The monoisotopic (exact) mass is 300 g/mol. The molecule has 0 aliphatic carbocycles. The lowest BCUT2D eigenvalue weighted by atomic mass is 10.0. The number of nitrogens with zero attached hydrogens (tertiary/aromatic N) is 1. The number of hydrogen-bond donors (Lipinski definition) is 1. The van der Waals surface area contributed by atoms with Crippen LogP contribution in [-0.2, 0) is 11.3 Å². The van der Waals surface area contributed by atoms with Gasteiger partial charge in [0.2, 0.25) is 0 Å². The summed E-state index contributed by atoms with van der Waals surface area (Å²) < 4.78 is 14.3. The van der Waals surface area contributed by atoms with Crippen LogP contribution in [0.5, 0.6) is 0 Å². The molecule has 1 fully saturated rings. The molecule has 1 aliphatic rings. The first-order valence-electron chi connectivity index (χ1n) is 5.48. The summed E-state index contributed by atoms with van der Waals surface area (Å²) in [6.45, 7) is 0.864. The molecule has 3 nitrogen and oxygen atoms in total. The standard InChI is InChI=1S/C12H14BrFN2O/c1-17-16-10-5-6-15-11(10)7-8-3-2-4-9(13)12(8)14/h2-4,11,15H,5-7H2,1H3. The molecular formula is C12H14BrFN2O. The second kappa shape index (κ2) is 5.60. The first kappa shape index (κ1) is 12.5. The van der Waals surface area contributed by atoms with E-state index in [1.54, 1.807) is 12.1 Å². The van der Waals surface area contributed by atoms with Gasteiger partial charge in [0.1, 0.15) is 12.9 Å². The van der Waals surface area contributed by atoms with Gasteiger partial charge in [0, 0.05) is 13.0 Å². The number of hydrogen-bond acceptors (Lipinski definition) is 3. The first-order chi connectivity index (χ1) is 8.22. The van der Waals surface area contributed by atoms with Crippen molar-refractivity contribution in [3.05, 3.63) is 34.1 Å². The minimum Gasteiger partial charge on any atom is -0.399 e. The number of nitrogens with one attached hydrogen (secondary N) is 1. The molecule has 1 heterocycles. The maximum absolute atomic E-state index is 13.8. The lowest BCUT2D eigenvalue weighted by Gasteiger charge is -2.12. The van der Waals surface area contributed by atoms with E-state index in [2.05, 4.69) is 26.4 Å². The van der Waals surface area contributed by atoms with E-state index < -0.39 is 0 Å². The molecule has 2 rings (SSSR count). The second-order valence-electron chi connectivity index (χ2n) is 3.94. The van der Waals surface area contributed by atoms with Crippen LogP contribution < -0.4 is 5.32 Å². The van der Waals surface area contributed by atoms with Crippen molar-refractivity contribution in [2.45, 2.75) is 18.9 Å². The van der Waals surface area contributed by atoms with Crippen molar-refractivity contribution >= 4 is 21.6 Å². The van der Waals surface area contributed by atoms with Gasteiger partial charge in [0.15, 0.2) is 0 Å². The van der Waals surface area contributed by atoms with Gasteiger partial charge < -0.3 is 10.2 Å². The maximum atomic E-state index is 13.8. The Morgan fingerprint density at radius 3 is 3.18 bits per heavy atom. The molecule has 1 saturated heterocycles. The number of oxime groups is 1. The van der Waals surface area contributed by atoms with Gasteiger partial charge in [0.25, 0.3) is 0 Å². The van der Waals surface area contributed by atoms with E-state index in [1.807, 2.05) is 6.07 Å². The summed E-state index contributed by atoms with van der Waals surface area (Å²) in [7, 11) is 1.53. The van der Waals surface area contributed by atoms with E-state index in [1.165, 1.54) is 7.11 Å². The Labute approximate surface area is 108 Å². The minimum atomic E-state index is -0.196. The van der Waals surface area contributed by atoms with Gasteiger partial charge in [-0.2, -0.15) is 0 Å². The third kappa shape index (κ3) is 2.84. The zero-order valence-electron chi connectivity index (χ0n) is 9.54. The fourth-order valence-electron chi connectivity index (χ4n) is 2.01. The van der Waals surface area contributed by atoms with Crippen LogP contribution in [0, 0.1) is 5.82 Å². The molecule has 0 aromatic heterocycles. The molecule has 1 aliphatic heterocycles. The van der Waals surface area contributed by atoms with E-state index in [-0.39, 0.29) is 11.9 Å². The summed E-state index contributed by atoms with van der Waals surface area (Å²) in [6, 6.07) is 5.40. The normalized spacial score (nSPS) is 22.1. The van der Waals surface area contributed by atoms with Gasteiger partial charge in [-0.25, -0.2) is 4.39 Å². The molecule has 1 atom stereocenters. The van der Waals surface area contributed by atoms with Gasteiger partial charge >= 0.3 is 0 Å². The van der Waals surface area contributed by atoms with Crippen LogP contribution >= 0.6 is 15.9 Å². The van der Waals surface area contributed by atoms with Crippen LogP contribution in [0.4, 0.5) is 4.39 Å². The van der Waals surface area contributed by atoms with E-state index in [0.717, 1.165) is 18.7 Å². The topological polar surface area (TPSA) is 33.6 Å². The van der Waals surface area contributed by atoms with Crippen molar-refractivity contribution in [2.75, 3.05) is 13.7 Å². The van der Waals surface area contributed by atoms with Crippen LogP contribution in [0.1, 0.15) is 12.0 Å². The number of benzene rings is 1. The minimum absolute atomic E-state index is 0.0683. The van der Waals surface area contributed by atoms with Gasteiger partial charge in [-0.05, 0) is 34.0 Å². The van der Waals surface area contributed by atoms with E-state index >= 15 is 0 Å². The molecule has 1 aromatic rings. The molecular weight excluding hydrogens is 287 g/mol. The number of halogens is 2. The fourth-order valence-corrected chi connectivity index (χ4v) is 2.42. The quantitative estimate of drug-likeness (QED) is 0.870. The molecule has 1 N–H and O–H groups in total. The Balaban J connectivity index is 2.15. The van der Waals surface area contributed by atoms with Crippen molar-refractivity contribution < 1.29 is 9.23 Å². The van der Waals surface area contributed by atoms with Crippen molar-refractivity contribution in [1.29, 1.82) is 0 Å². The first-order valence-corrected chi connectivity index (χ1v) is 6.28. The molecule has 0 radical (unpaired) electrons. The predicted octanol–water partition coefficient (Wildman–Crippen LogP) is 2.50. The maximum Gasteiger partial charge on any atom is 0.140 e. The Morgan fingerprint density at radius 2 is 2.41 bits per heavy atom. The lowest BCUT2D eigenvalue weighted by Crippen LogP contribution is -2.30. The Hall–Kier alpha value is -0.940. The Bertz CT molecular complexity index is 437. The van der Waals surface area contributed by atoms with E-state index in [0.29, 0.717) is 16.5 Å². The molecule has 1 aromatic carbocycles. The largest absolute Gasteiger partial charge is 0.399 e. The average Bonchev–Trinajstić information content (AvgIpc) is 2.73. The van der Waals surface area contributed by atoms with Crippen LogP contribution in [0.3, 0.4) is 0 Å². The van der Waals surface area contributed by atoms with Gasteiger partial charge in [-0.1, -0.05) is 17.3 Å². The van der Waals surface area contributed by atoms with Gasteiger partial charge in [-0.3, -0.25) is 0 Å². The summed E-state index contributed by atoms with van der Waals surface area (Å²) in [5.41, 5.74) is 1.63. The van der Waals surface area contributed by atoms with Crippen molar-refractivity contribution in [2.24, 2.45) is 5.16 Å². The SMILES string of the molecule is CON=C1CCNC1Cc1cccc(Br)c1F. The van der Waals surface area contributed by atoms with Crippen molar-refractivity contribution in [1.82, 2.24) is 5.32 Å². The van der Waals surface area contributed by atoms with Crippen molar-refractivity contribution in [3.8, 4) is 0 Å². The molecule has 1 unspecified atom stereocenters. The summed E-state index contributed by atoms with van der Waals surface area (Å²) in [6.07, 6.45) is 1.45. The summed E-state index contributed by atoms with van der Waals surface area (Å²) >= 11 is 3.19. The highest BCUT2D eigenvalue weighted by Gasteiger charge is 2.24. The van der Waals surface area contributed by atoms with Crippen LogP contribution in [0.2, 0.25) is 0 Å². The third-order valence-electron chi connectivity index (χ3n) is 2.84. The molecule has 17 heavy (non-hydrogen) atoms. The van der Waals surface area contributed by atoms with Crippen LogP contribution in [0.25, 0.3) is 0 Å². The summed E-state index contributed by atoms with van der Waals surface area (Å²) in [5.74, 6) is -0.196. The van der Waals surface area contributed by atoms with Crippen LogP contribution in [-0.4, -0.2) is 25.4 Å². The molecule has 5 heteroatoms. The second-order valence-corrected chi connectivity index (χ2v) is 4.79. The Kier molecular flexibility index (Phi) is 4.12. The number of rotatable bonds is 3. The highest BCUT2D eigenvalue weighted by molar-refractivity contribution is 9.10. The molecule has 0 spiro atoms. The molecule has 0 saturated carbocycles. The zero-order valence-corrected chi connectivity index (χ0v) is 11.1. The van der Waals surface area contributed by atoms with E-state index in [9.17, 15) is 4.39 Å². The van der Waals surface area contributed by atoms with Crippen molar-refractivity contribution in [3.63, 3.8) is 0 Å². The highest BCUT2D eigenvalue weighted by Crippen LogP contribution is 2.21. The summed E-state index contributed by atoms with van der Waals surface area (Å²) in [4.78, 5) is 4.79. The van der Waals surface area contributed by atoms with E-state index in [4.69, 9.17) is 4.84 Å². The predicted molar refractivity (Wildman–Crippen MR) is 68.7 cm³/mol. The van der Waals surface area contributed by atoms with Gasteiger partial charge in [-0.15, -0.1) is 0 Å². The summed E-state index contributed by atoms with van der Waals surface area (Å²) in [5, 5.41) is 7.27. The molecule has 0 amide bonds. The Morgan fingerprint density at radius 1 is 1.59 bits per heavy atom. The average molecular weight is 301 g/mol. The zero-order chi connectivity index (χ0) is 12.3. The smallest absolute Gasteiger partial charge is 0.140 e. The highest BCUT2D eigenvalue weighted by atomic mass is 79.9. The third-order valence-corrected chi connectivity index (χ3v) is 3.45. The van der Waals surface area contributed by atoms with Gasteiger partial charge in [0.05, 0.1) is 16.2 Å².